The van der Waals surface area contributed by atoms with Gasteiger partial charge in [0.25, 0.3) is 5.91 Å². The number of rotatable bonds is 2. The highest BCUT2D eigenvalue weighted by Crippen LogP contribution is 2.40. The molecule has 6 rings (SSSR count). The molecule has 1 amide bonds. The highest BCUT2D eigenvalue weighted by molar-refractivity contribution is 6.07. The minimum atomic E-state index is -0.591. The van der Waals surface area contributed by atoms with Crippen molar-refractivity contribution in [1.29, 1.82) is 0 Å². The molecule has 5 heterocycles. The summed E-state index contributed by atoms with van der Waals surface area (Å²) in [5, 5.41) is 5.35. The van der Waals surface area contributed by atoms with Crippen molar-refractivity contribution in [2.75, 3.05) is 44.3 Å². The normalized spacial score (nSPS) is 19.7. The Kier molecular flexibility index (Phi) is 5.71. The van der Waals surface area contributed by atoms with Crippen molar-refractivity contribution in [2.24, 2.45) is 0 Å². The second-order valence-corrected chi connectivity index (χ2v) is 11.3. The third kappa shape index (κ3) is 4.35. The number of fused-ring (bicyclic) bond motifs is 2. The van der Waals surface area contributed by atoms with Crippen LogP contribution in [0.4, 0.5) is 5.82 Å². The lowest BCUT2D eigenvalue weighted by Crippen LogP contribution is -2.52. The van der Waals surface area contributed by atoms with Gasteiger partial charge in [0.05, 0.1) is 42.5 Å². The van der Waals surface area contributed by atoms with E-state index in [1.165, 1.54) is 0 Å². The van der Waals surface area contributed by atoms with Crippen LogP contribution < -0.4 is 9.64 Å². The number of ether oxygens (including phenoxy) is 2. The molecular weight excluding hydrogens is 470 g/mol. The van der Waals surface area contributed by atoms with E-state index in [0.717, 1.165) is 29.8 Å². The average molecular weight is 504 g/mol. The van der Waals surface area contributed by atoms with Gasteiger partial charge >= 0.3 is 0 Å². The molecule has 2 saturated heterocycles. The summed E-state index contributed by atoms with van der Waals surface area (Å²) in [5.41, 5.74) is 1.06. The minimum absolute atomic E-state index is 0.00802. The van der Waals surface area contributed by atoms with E-state index in [1.54, 1.807) is 4.68 Å². The van der Waals surface area contributed by atoms with E-state index in [4.69, 9.17) is 14.5 Å². The predicted octanol–water partition coefficient (Wildman–Crippen LogP) is 3.66. The van der Waals surface area contributed by atoms with Crippen molar-refractivity contribution in [2.45, 2.75) is 51.2 Å². The molecule has 1 aromatic carbocycles. The lowest BCUT2D eigenvalue weighted by molar-refractivity contribution is -0.00581. The number of piperidine rings is 1. The maximum Gasteiger partial charge on any atom is 0.254 e. The standard InChI is InChI=1S/C28H33N5O4/c1-27(2,3)33-18-23-25(30-33)22(34)17-28(37-23)8-10-32(11-9-28)26(35)20-16-24(31-12-14-36-15-13-31)29-21-7-5-4-6-19(20)21/h4-7,16,18H,8-15,17H2,1-3H3. The molecule has 2 aromatic heterocycles. The van der Waals surface area contributed by atoms with Crippen LogP contribution in [0.15, 0.2) is 36.5 Å². The zero-order valence-corrected chi connectivity index (χ0v) is 21.7. The molecule has 0 aliphatic carbocycles. The summed E-state index contributed by atoms with van der Waals surface area (Å²) in [4.78, 5) is 35.7. The fraction of sp³-hybridized carbons (Fsp3) is 0.500. The van der Waals surface area contributed by atoms with Crippen LogP contribution in [0.3, 0.4) is 0 Å². The summed E-state index contributed by atoms with van der Waals surface area (Å²) in [6, 6.07) is 9.73. The van der Waals surface area contributed by atoms with Crippen molar-refractivity contribution in [1.82, 2.24) is 19.7 Å². The number of amides is 1. The Hall–Kier alpha value is -3.46. The van der Waals surface area contributed by atoms with Gasteiger partial charge in [-0.25, -0.2) is 4.98 Å². The highest BCUT2D eigenvalue weighted by atomic mass is 16.5. The Morgan fingerprint density at radius 2 is 1.78 bits per heavy atom. The largest absolute Gasteiger partial charge is 0.483 e. The van der Waals surface area contributed by atoms with Crippen molar-refractivity contribution in [3.8, 4) is 5.75 Å². The molecule has 0 bridgehead atoms. The summed E-state index contributed by atoms with van der Waals surface area (Å²) in [6.07, 6.45) is 3.33. The SMILES string of the molecule is CC(C)(C)n1cc2c(n1)C(=O)CC1(CCN(C(=O)c3cc(N4CCOCC4)nc4ccccc34)CC1)O2. The molecule has 3 aromatic rings. The van der Waals surface area contributed by atoms with Crippen molar-refractivity contribution in [3.63, 3.8) is 0 Å². The highest BCUT2D eigenvalue weighted by Gasteiger charge is 2.45. The maximum atomic E-state index is 13.8. The summed E-state index contributed by atoms with van der Waals surface area (Å²) >= 11 is 0. The fourth-order valence-corrected chi connectivity index (χ4v) is 5.47. The third-order valence-corrected chi connectivity index (χ3v) is 7.67. The number of aromatic nitrogens is 3. The predicted molar refractivity (Wildman–Crippen MR) is 139 cm³/mol. The summed E-state index contributed by atoms with van der Waals surface area (Å²) < 4.78 is 13.7. The summed E-state index contributed by atoms with van der Waals surface area (Å²) in [7, 11) is 0. The maximum absolute atomic E-state index is 13.8. The summed E-state index contributed by atoms with van der Waals surface area (Å²) in [6.45, 7) is 10.0. The Morgan fingerprint density at radius 3 is 2.51 bits per heavy atom. The molecule has 9 nitrogen and oxygen atoms in total. The Bertz CT molecular complexity index is 1360. The van der Waals surface area contributed by atoms with Gasteiger partial charge in [-0.05, 0) is 32.9 Å². The van der Waals surface area contributed by atoms with Gasteiger partial charge in [0, 0.05) is 44.4 Å². The Morgan fingerprint density at radius 1 is 1.05 bits per heavy atom. The first-order chi connectivity index (χ1) is 17.7. The van der Waals surface area contributed by atoms with E-state index in [1.807, 2.05) is 62.2 Å². The first-order valence-corrected chi connectivity index (χ1v) is 13.1. The Labute approximate surface area is 216 Å². The summed E-state index contributed by atoms with van der Waals surface area (Å²) in [5.74, 6) is 1.37. The van der Waals surface area contributed by atoms with E-state index in [-0.39, 0.29) is 17.2 Å². The zero-order chi connectivity index (χ0) is 25.8. The first-order valence-electron chi connectivity index (χ1n) is 13.1. The molecule has 0 radical (unpaired) electrons. The minimum Gasteiger partial charge on any atom is -0.483 e. The van der Waals surface area contributed by atoms with Crippen LogP contribution in [0.25, 0.3) is 10.9 Å². The van der Waals surface area contributed by atoms with E-state index in [0.29, 0.717) is 62.6 Å². The van der Waals surface area contributed by atoms with Crippen LogP contribution in [-0.2, 0) is 10.3 Å². The lowest BCUT2D eigenvalue weighted by Gasteiger charge is -2.43. The van der Waals surface area contributed by atoms with Gasteiger partial charge in [-0.3, -0.25) is 14.3 Å². The third-order valence-electron chi connectivity index (χ3n) is 7.67. The van der Waals surface area contributed by atoms with Crippen molar-refractivity contribution < 1.29 is 19.1 Å². The quantitative estimate of drug-likeness (QED) is 0.527. The van der Waals surface area contributed by atoms with Gasteiger partial charge in [0.15, 0.2) is 17.2 Å². The van der Waals surface area contributed by atoms with Crippen LogP contribution >= 0.6 is 0 Å². The van der Waals surface area contributed by atoms with Crippen LogP contribution in [0, 0.1) is 0 Å². The lowest BCUT2D eigenvalue weighted by atomic mass is 9.83. The zero-order valence-electron chi connectivity index (χ0n) is 21.7. The number of likely N-dealkylation sites (tertiary alicyclic amines) is 1. The molecule has 0 atom stereocenters. The van der Waals surface area contributed by atoms with E-state index in [9.17, 15) is 9.59 Å². The molecule has 9 heteroatoms. The van der Waals surface area contributed by atoms with Gasteiger partial charge in [-0.15, -0.1) is 0 Å². The number of hydrogen-bond donors (Lipinski definition) is 0. The number of carbonyl (C=O) groups is 2. The number of ketones is 1. The fourth-order valence-electron chi connectivity index (χ4n) is 5.47. The number of morpholine rings is 1. The van der Waals surface area contributed by atoms with E-state index < -0.39 is 5.60 Å². The van der Waals surface area contributed by atoms with Crippen LogP contribution in [0.2, 0.25) is 0 Å². The van der Waals surface area contributed by atoms with Crippen molar-refractivity contribution >= 4 is 28.4 Å². The first kappa shape index (κ1) is 23.9. The average Bonchev–Trinajstić information content (AvgIpc) is 3.34. The molecule has 0 unspecified atom stereocenters. The number of carbonyl (C=O) groups excluding carboxylic acids is 2. The molecule has 194 valence electrons. The molecule has 37 heavy (non-hydrogen) atoms. The number of anilines is 1. The van der Waals surface area contributed by atoms with Gasteiger partial charge in [-0.1, -0.05) is 18.2 Å². The molecule has 0 saturated carbocycles. The van der Waals surface area contributed by atoms with E-state index in [2.05, 4.69) is 10.00 Å². The van der Waals surface area contributed by atoms with Gasteiger partial charge < -0.3 is 19.3 Å². The monoisotopic (exact) mass is 503 g/mol. The second-order valence-electron chi connectivity index (χ2n) is 11.3. The second kappa shape index (κ2) is 8.83. The smallest absolute Gasteiger partial charge is 0.254 e. The molecular formula is C28H33N5O4. The van der Waals surface area contributed by atoms with Crippen LogP contribution in [0.1, 0.15) is 60.9 Å². The number of pyridine rings is 1. The molecule has 0 N–H and O–H groups in total. The van der Waals surface area contributed by atoms with Gasteiger partial charge in [-0.2, -0.15) is 5.10 Å². The molecule has 3 aliphatic heterocycles. The van der Waals surface area contributed by atoms with E-state index >= 15 is 0 Å². The van der Waals surface area contributed by atoms with Gasteiger partial charge in [0.1, 0.15) is 11.4 Å². The molecule has 2 fully saturated rings. The van der Waals surface area contributed by atoms with Crippen LogP contribution in [0.5, 0.6) is 5.75 Å². The number of para-hydroxylation sites is 1. The number of hydrogen-bond acceptors (Lipinski definition) is 7. The van der Waals surface area contributed by atoms with Crippen molar-refractivity contribution in [3.05, 3.63) is 47.8 Å². The Balaban J connectivity index is 1.23. The number of Topliss-reactive ketones (excluding diaryl/α,β-unsaturated/α-hetero) is 1. The number of benzene rings is 1. The van der Waals surface area contributed by atoms with Crippen LogP contribution in [-0.4, -0.2) is 76.3 Å². The molecule has 1 spiro atoms. The number of nitrogens with zero attached hydrogens (tertiary/aromatic N) is 5. The van der Waals surface area contributed by atoms with Gasteiger partial charge in [0.2, 0.25) is 0 Å². The topological polar surface area (TPSA) is 89.8 Å². The molecule has 3 aliphatic rings.